The maximum Gasteiger partial charge on any atom is 1.00 e. The van der Waals surface area contributed by atoms with Crippen LogP contribution in [0.1, 0.15) is 10.4 Å². The van der Waals surface area contributed by atoms with Crippen LogP contribution in [0.3, 0.4) is 0 Å². The summed E-state index contributed by atoms with van der Waals surface area (Å²) in [7, 11) is 0. The number of carboxylic acids is 1. The molecule has 0 aliphatic rings. The molecule has 26 heavy (non-hydrogen) atoms. The van der Waals surface area contributed by atoms with E-state index in [9.17, 15) is 14.7 Å². The van der Waals surface area contributed by atoms with Crippen molar-refractivity contribution in [3.8, 4) is 11.5 Å². The minimum Gasteiger partial charge on any atom is -0.541 e. The first-order valence-corrected chi connectivity index (χ1v) is 7.73. The number of fused-ring (bicyclic) bond motifs is 1. The Labute approximate surface area is 172 Å². The van der Waals surface area contributed by atoms with Gasteiger partial charge in [0.15, 0.2) is 0 Å². The zero-order chi connectivity index (χ0) is 17.6. The minimum atomic E-state index is -1.72. The Morgan fingerprint density at radius 1 is 0.769 bits per heavy atom. The first-order valence-electron chi connectivity index (χ1n) is 7.73. The molecule has 126 valence electrons. The zero-order valence-corrected chi connectivity index (χ0v) is 16.3. The van der Waals surface area contributed by atoms with Crippen molar-refractivity contribution < 1.29 is 53.7 Å². The van der Waals surface area contributed by atoms with Gasteiger partial charge in [-0.2, -0.15) is 0 Å². The van der Waals surface area contributed by atoms with Crippen LogP contribution in [0.2, 0.25) is 0 Å². The van der Waals surface area contributed by atoms with Crippen LogP contribution in [-0.2, 0) is 4.79 Å². The maximum absolute atomic E-state index is 11.2. The fraction of sp³-hybridized carbons (Fsp3) is 0.100. The van der Waals surface area contributed by atoms with E-state index < -0.39 is 11.8 Å². The summed E-state index contributed by atoms with van der Waals surface area (Å²) in [5.41, 5.74) is 0.0553. The first-order chi connectivity index (χ1) is 12.1. The standard InChI is InChI=1S/C20H16O5.Na/c21-19(20(22)23)15-6-8-17(9-7-15)24-11-12-25-18-10-5-14-3-1-2-4-16(14)13-18;/h1-10,13H,11-12H2,(H,22,23);/q;+1/p-1. The molecule has 0 fully saturated rings. The van der Waals surface area contributed by atoms with E-state index in [0.29, 0.717) is 19.0 Å². The Balaban J connectivity index is 0.00000243. The van der Waals surface area contributed by atoms with E-state index in [2.05, 4.69) is 0 Å². The van der Waals surface area contributed by atoms with Crippen LogP contribution >= 0.6 is 0 Å². The normalized spacial score (nSPS) is 10.0. The number of benzene rings is 3. The van der Waals surface area contributed by atoms with Crippen LogP contribution in [0, 0.1) is 0 Å². The quantitative estimate of drug-likeness (QED) is 0.240. The number of aliphatic carboxylic acids is 1. The molecule has 0 aromatic heterocycles. The van der Waals surface area contributed by atoms with Gasteiger partial charge in [0.1, 0.15) is 30.7 Å². The summed E-state index contributed by atoms with van der Waals surface area (Å²) in [6.07, 6.45) is 0. The van der Waals surface area contributed by atoms with Crippen LogP contribution in [0.15, 0.2) is 66.7 Å². The SMILES string of the molecule is O=C([O-])C(=O)c1ccc(OCCOc2ccc3ccccc3c2)cc1.[Na+]. The number of rotatable bonds is 7. The molecule has 0 radical (unpaired) electrons. The fourth-order valence-electron chi connectivity index (χ4n) is 2.40. The summed E-state index contributed by atoms with van der Waals surface area (Å²) >= 11 is 0. The smallest absolute Gasteiger partial charge is 0.541 e. The van der Waals surface area contributed by atoms with Crippen molar-refractivity contribution in [2.75, 3.05) is 13.2 Å². The fourth-order valence-corrected chi connectivity index (χ4v) is 2.40. The van der Waals surface area contributed by atoms with E-state index in [4.69, 9.17) is 9.47 Å². The molecule has 0 saturated carbocycles. The van der Waals surface area contributed by atoms with Crippen LogP contribution in [0.5, 0.6) is 11.5 Å². The molecule has 5 nitrogen and oxygen atoms in total. The molecule has 0 saturated heterocycles. The third kappa shape index (κ3) is 5.08. The molecule has 0 unspecified atom stereocenters. The number of carbonyl (C=O) groups excluding carboxylic acids is 2. The van der Waals surface area contributed by atoms with Crippen molar-refractivity contribution in [2.24, 2.45) is 0 Å². The second-order valence-corrected chi connectivity index (χ2v) is 5.35. The van der Waals surface area contributed by atoms with Crippen LogP contribution < -0.4 is 44.1 Å². The van der Waals surface area contributed by atoms with Gasteiger partial charge in [-0.05, 0) is 47.2 Å². The van der Waals surface area contributed by atoms with Crippen LogP contribution in [0.4, 0.5) is 0 Å². The number of hydrogen-bond donors (Lipinski definition) is 0. The van der Waals surface area contributed by atoms with Crippen molar-refractivity contribution in [2.45, 2.75) is 0 Å². The number of carbonyl (C=O) groups is 2. The predicted octanol–water partition coefficient (Wildman–Crippen LogP) is -0.766. The van der Waals surface area contributed by atoms with E-state index in [-0.39, 0.29) is 35.1 Å². The van der Waals surface area contributed by atoms with Crippen molar-refractivity contribution in [3.63, 3.8) is 0 Å². The summed E-state index contributed by atoms with van der Waals surface area (Å²) < 4.78 is 11.2. The summed E-state index contributed by atoms with van der Waals surface area (Å²) in [4.78, 5) is 21.7. The number of ether oxygens (including phenoxy) is 2. The van der Waals surface area contributed by atoms with E-state index in [1.54, 1.807) is 0 Å². The van der Waals surface area contributed by atoms with Gasteiger partial charge in [-0.25, -0.2) is 0 Å². The molecular formula is C20H15NaO5. The molecule has 0 N–H and O–H groups in total. The van der Waals surface area contributed by atoms with Crippen molar-refractivity contribution in [1.82, 2.24) is 0 Å². The molecule has 0 aliphatic heterocycles. The Kier molecular flexibility index (Phi) is 7.21. The largest absolute Gasteiger partial charge is 1.00 e. The number of ketones is 1. The molecule has 0 aliphatic carbocycles. The Morgan fingerprint density at radius 3 is 2.00 bits per heavy atom. The molecule has 0 spiro atoms. The molecule has 0 heterocycles. The van der Waals surface area contributed by atoms with Crippen molar-refractivity contribution in [3.05, 3.63) is 72.3 Å². The molecular weight excluding hydrogens is 343 g/mol. The number of hydrogen-bond acceptors (Lipinski definition) is 5. The van der Waals surface area contributed by atoms with Gasteiger partial charge >= 0.3 is 29.6 Å². The summed E-state index contributed by atoms with van der Waals surface area (Å²) in [5, 5.41) is 12.8. The van der Waals surface area contributed by atoms with Crippen LogP contribution in [0.25, 0.3) is 10.8 Å². The number of carboxylic acid groups (broad SMARTS) is 1. The van der Waals surface area contributed by atoms with Gasteiger partial charge in [-0.3, -0.25) is 4.79 Å². The maximum atomic E-state index is 11.2. The van der Waals surface area contributed by atoms with Gasteiger partial charge in [-0.1, -0.05) is 30.3 Å². The van der Waals surface area contributed by atoms with Gasteiger partial charge in [0.2, 0.25) is 5.78 Å². The van der Waals surface area contributed by atoms with E-state index in [0.717, 1.165) is 16.5 Å². The Morgan fingerprint density at radius 2 is 1.35 bits per heavy atom. The van der Waals surface area contributed by atoms with Gasteiger partial charge < -0.3 is 19.4 Å². The third-order valence-corrected chi connectivity index (χ3v) is 3.64. The summed E-state index contributed by atoms with van der Waals surface area (Å²) in [6.45, 7) is 0.679. The number of Topliss-reactive ketones (excluding diaryl/α,β-unsaturated/α-hetero) is 1. The molecule has 3 aromatic rings. The Hall–Kier alpha value is -2.34. The molecule has 6 heteroatoms. The van der Waals surface area contributed by atoms with E-state index in [1.807, 2.05) is 42.5 Å². The molecule has 0 amide bonds. The zero-order valence-electron chi connectivity index (χ0n) is 14.3. The van der Waals surface area contributed by atoms with Gasteiger partial charge in [-0.15, -0.1) is 0 Å². The van der Waals surface area contributed by atoms with Gasteiger partial charge in [0.05, 0.1) is 0 Å². The topological polar surface area (TPSA) is 75.7 Å². The monoisotopic (exact) mass is 358 g/mol. The average Bonchev–Trinajstić information content (AvgIpc) is 2.65. The summed E-state index contributed by atoms with van der Waals surface area (Å²) in [5.74, 6) is -1.49. The third-order valence-electron chi connectivity index (χ3n) is 3.64. The molecule has 3 aromatic carbocycles. The predicted molar refractivity (Wildman–Crippen MR) is 90.7 cm³/mol. The molecule has 0 atom stereocenters. The second kappa shape index (κ2) is 9.38. The van der Waals surface area contributed by atoms with Crippen LogP contribution in [-0.4, -0.2) is 25.0 Å². The first kappa shape index (κ1) is 20.0. The minimum absolute atomic E-state index is 0. The second-order valence-electron chi connectivity index (χ2n) is 5.35. The Bertz CT molecular complexity index is 905. The summed E-state index contributed by atoms with van der Waals surface area (Å²) in [6, 6.07) is 19.7. The molecule has 0 bridgehead atoms. The van der Waals surface area contributed by atoms with E-state index >= 15 is 0 Å². The van der Waals surface area contributed by atoms with Gasteiger partial charge in [0.25, 0.3) is 0 Å². The molecule has 3 rings (SSSR count). The van der Waals surface area contributed by atoms with E-state index in [1.165, 1.54) is 24.3 Å². The van der Waals surface area contributed by atoms with Crippen molar-refractivity contribution in [1.29, 1.82) is 0 Å². The van der Waals surface area contributed by atoms with Gasteiger partial charge in [0, 0.05) is 5.56 Å². The average molecular weight is 358 g/mol. The van der Waals surface area contributed by atoms with Crippen molar-refractivity contribution >= 4 is 22.5 Å².